The summed E-state index contributed by atoms with van der Waals surface area (Å²) in [5, 5.41) is 3.86. The number of benzene rings is 1. The molecule has 0 fully saturated rings. The van der Waals surface area contributed by atoms with Gasteiger partial charge in [-0.15, -0.1) is 18.3 Å². The molecule has 4 rings (SSSR count). The van der Waals surface area contributed by atoms with Crippen molar-refractivity contribution in [3.05, 3.63) is 70.7 Å². The van der Waals surface area contributed by atoms with Crippen molar-refractivity contribution in [2.24, 2.45) is 0 Å². The molecule has 0 bridgehead atoms. The topological polar surface area (TPSA) is 95.6 Å². The van der Waals surface area contributed by atoms with Crippen LogP contribution in [0.3, 0.4) is 0 Å². The number of hydrogen-bond acceptors (Lipinski definition) is 6. The molecule has 0 atom stereocenters. The number of aromatic nitrogens is 4. The van der Waals surface area contributed by atoms with Gasteiger partial charge < -0.3 is 4.74 Å². The molecule has 4 aromatic rings. The van der Waals surface area contributed by atoms with Crippen LogP contribution in [0.1, 0.15) is 12.5 Å². The summed E-state index contributed by atoms with van der Waals surface area (Å²) < 4.78 is 121. The van der Waals surface area contributed by atoms with E-state index in [0.717, 1.165) is 30.5 Å². The first-order valence-corrected chi connectivity index (χ1v) is 11.7. The van der Waals surface area contributed by atoms with Gasteiger partial charge in [-0.1, -0.05) is 6.92 Å². The highest BCUT2D eigenvalue weighted by Gasteiger charge is 2.33. The Kier molecular flexibility index (Phi) is 6.26. The van der Waals surface area contributed by atoms with Crippen LogP contribution in [0.4, 0.5) is 30.7 Å². The number of alkyl halides is 6. The molecule has 3 aromatic heterocycles. The third kappa shape index (κ3) is 5.14. The van der Waals surface area contributed by atoms with Gasteiger partial charge in [-0.05, 0) is 30.3 Å². The van der Waals surface area contributed by atoms with Crippen molar-refractivity contribution in [3.8, 4) is 22.7 Å². The van der Waals surface area contributed by atoms with Crippen molar-refractivity contribution < 1.29 is 43.9 Å². The molecule has 1 aromatic carbocycles. The van der Waals surface area contributed by atoms with Gasteiger partial charge in [-0.3, -0.25) is 0 Å². The summed E-state index contributed by atoms with van der Waals surface area (Å²) in [7, 11) is -4.19. The van der Waals surface area contributed by atoms with Crippen LogP contribution in [0.2, 0.25) is 0 Å². The van der Waals surface area contributed by atoms with Crippen LogP contribution in [0.15, 0.2) is 58.5 Å². The standard InChI is InChI=1S/C21H13F7N4O4S/c1-2-37(34,35)16-7-11(14-5-4-13(8-15(14)22)36-21(26,27)28)9-29-18(16)32-19(33)31-10-12(20(23,24)25)3-6-17(31)30-32/h3-10H,2H2,1H3. The fraction of sp³-hybridized carbons (Fsp3) is 0.190. The van der Waals surface area contributed by atoms with Gasteiger partial charge in [0.1, 0.15) is 16.5 Å². The molecule has 16 heteroatoms. The second-order valence-corrected chi connectivity index (χ2v) is 9.72. The average Bonchev–Trinajstić information content (AvgIpc) is 3.13. The number of nitrogens with zero attached hydrogens (tertiary/aromatic N) is 4. The van der Waals surface area contributed by atoms with Crippen LogP contribution >= 0.6 is 0 Å². The third-order valence-corrected chi connectivity index (χ3v) is 6.81. The molecule has 0 aliphatic rings. The van der Waals surface area contributed by atoms with E-state index >= 15 is 0 Å². The molecule has 3 heterocycles. The quantitative estimate of drug-likeness (QED) is 0.342. The number of halogens is 7. The van der Waals surface area contributed by atoms with Crippen molar-refractivity contribution in [2.45, 2.75) is 24.4 Å². The van der Waals surface area contributed by atoms with E-state index in [1.165, 1.54) is 6.92 Å². The minimum atomic E-state index is -5.07. The van der Waals surface area contributed by atoms with Crippen LogP contribution in [-0.2, 0) is 16.0 Å². The van der Waals surface area contributed by atoms with Crippen LogP contribution < -0.4 is 10.4 Å². The first-order chi connectivity index (χ1) is 17.1. The SMILES string of the molecule is CCS(=O)(=O)c1cc(-c2ccc(OC(F)(F)F)cc2F)cnc1-n1nc2ccc(C(F)(F)F)cn2c1=O. The van der Waals surface area contributed by atoms with Crippen molar-refractivity contribution in [2.75, 3.05) is 5.75 Å². The highest BCUT2D eigenvalue weighted by atomic mass is 32.2. The van der Waals surface area contributed by atoms with Gasteiger partial charge in [0, 0.05) is 29.6 Å². The van der Waals surface area contributed by atoms with Crippen LogP contribution in [-0.4, -0.2) is 39.7 Å². The largest absolute Gasteiger partial charge is 0.573 e. The molecular formula is C21H13F7N4O4S. The zero-order valence-corrected chi connectivity index (χ0v) is 19.1. The van der Waals surface area contributed by atoms with Crippen molar-refractivity contribution in [1.29, 1.82) is 0 Å². The summed E-state index contributed by atoms with van der Waals surface area (Å²) >= 11 is 0. The van der Waals surface area contributed by atoms with E-state index in [0.29, 0.717) is 27.4 Å². The third-order valence-electron chi connectivity index (χ3n) is 5.08. The monoisotopic (exact) mass is 550 g/mol. The van der Waals surface area contributed by atoms with Crippen LogP contribution in [0.25, 0.3) is 22.6 Å². The predicted molar refractivity (Wildman–Crippen MR) is 113 cm³/mol. The first kappa shape index (κ1) is 26.1. The second kappa shape index (κ2) is 8.86. The fourth-order valence-corrected chi connectivity index (χ4v) is 4.37. The smallest absolute Gasteiger partial charge is 0.406 e. The minimum absolute atomic E-state index is 0.178. The molecular weight excluding hydrogens is 537 g/mol. The van der Waals surface area contributed by atoms with E-state index in [-0.39, 0.29) is 16.8 Å². The van der Waals surface area contributed by atoms with Gasteiger partial charge in [0.15, 0.2) is 21.3 Å². The Morgan fingerprint density at radius 3 is 2.32 bits per heavy atom. The predicted octanol–water partition coefficient (Wildman–Crippen LogP) is 4.40. The van der Waals surface area contributed by atoms with Gasteiger partial charge in [-0.25, -0.2) is 27.0 Å². The number of hydrogen-bond donors (Lipinski definition) is 0. The fourth-order valence-electron chi connectivity index (χ4n) is 3.34. The number of sulfone groups is 1. The Labute approximate surface area is 202 Å². The molecule has 0 amide bonds. The van der Waals surface area contributed by atoms with Gasteiger partial charge in [0.2, 0.25) is 0 Å². The summed E-state index contributed by atoms with van der Waals surface area (Å²) in [6.45, 7) is 1.26. The number of pyridine rings is 2. The molecule has 8 nitrogen and oxygen atoms in total. The van der Waals surface area contributed by atoms with Crippen molar-refractivity contribution in [1.82, 2.24) is 19.2 Å². The molecule has 0 aliphatic heterocycles. The summed E-state index contributed by atoms with van der Waals surface area (Å²) in [6, 6.07) is 4.67. The Morgan fingerprint density at radius 2 is 1.73 bits per heavy atom. The lowest BCUT2D eigenvalue weighted by molar-refractivity contribution is -0.274. The normalized spacial score (nSPS) is 12.8. The van der Waals surface area contributed by atoms with Gasteiger partial charge in [0.25, 0.3) is 0 Å². The first-order valence-electron chi connectivity index (χ1n) is 10.1. The second-order valence-electron chi connectivity index (χ2n) is 7.48. The molecule has 0 radical (unpaired) electrons. The highest BCUT2D eigenvalue weighted by molar-refractivity contribution is 7.91. The molecule has 0 unspecified atom stereocenters. The molecule has 37 heavy (non-hydrogen) atoms. The number of ether oxygens (including phenoxy) is 1. The minimum Gasteiger partial charge on any atom is -0.406 e. The lowest BCUT2D eigenvalue weighted by Crippen LogP contribution is -2.23. The van der Waals surface area contributed by atoms with E-state index < -0.39 is 61.7 Å². The Balaban J connectivity index is 1.88. The average molecular weight is 550 g/mol. The van der Waals surface area contributed by atoms with Gasteiger partial charge in [0.05, 0.1) is 11.3 Å². The Morgan fingerprint density at radius 1 is 1.03 bits per heavy atom. The van der Waals surface area contributed by atoms with E-state index in [2.05, 4.69) is 14.8 Å². The van der Waals surface area contributed by atoms with E-state index in [1.54, 1.807) is 0 Å². The van der Waals surface area contributed by atoms with E-state index in [9.17, 15) is 43.9 Å². The summed E-state index contributed by atoms with van der Waals surface area (Å²) in [6.07, 6.45) is -8.41. The highest BCUT2D eigenvalue weighted by Crippen LogP contribution is 2.32. The molecule has 0 saturated heterocycles. The Hall–Kier alpha value is -3.95. The van der Waals surface area contributed by atoms with Gasteiger partial charge >= 0.3 is 18.2 Å². The van der Waals surface area contributed by atoms with E-state index in [1.807, 2.05) is 0 Å². The van der Waals surface area contributed by atoms with Crippen LogP contribution in [0, 0.1) is 5.82 Å². The van der Waals surface area contributed by atoms with Gasteiger partial charge in [-0.2, -0.15) is 17.9 Å². The maximum absolute atomic E-state index is 14.6. The molecule has 0 saturated carbocycles. The van der Waals surface area contributed by atoms with Crippen molar-refractivity contribution >= 4 is 15.5 Å². The molecule has 0 spiro atoms. The lowest BCUT2D eigenvalue weighted by Gasteiger charge is -2.12. The molecule has 0 N–H and O–H groups in total. The summed E-state index contributed by atoms with van der Waals surface area (Å²) in [5.74, 6) is -3.12. The molecule has 0 aliphatic carbocycles. The zero-order valence-electron chi connectivity index (χ0n) is 18.3. The summed E-state index contributed by atoms with van der Waals surface area (Å²) in [4.78, 5) is 16.1. The van der Waals surface area contributed by atoms with Crippen molar-refractivity contribution in [3.63, 3.8) is 0 Å². The maximum Gasteiger partial charge on any atom is 0.573 e. The zero-order chi connectivity index (χ0) is 27.3. The number of fused-ring (bicyclic) bond motifs is 1. The lowest BCUT2D eigenvalue weighted by atomic mass is 10.1. The maximum atomic E-state index is 14.6. The Bertz CT molecular complexity index is 1680. The van der Waals surface area contributed by atoms with E-state index in [4.69, 9.17) is 0 Å². The summed E-state index contributed by atoms with van der Waals surface area (Å²) in [5.41, 5.74) is -3.06. The number of rotatable bonds is 5. The van der Waals surface area contributed by atoms with Crippen LogP contribution in [0.5, 0.6) is 5.75 Å². The molecule has 196 valence electrons.